The van der Waals surface area contributed by atoms with Crippen LogP contribution in [0.15, 0.2) is 0 Å². The first kappa shape index (κ1) is 38.0. The number of aliphatic hydroxyl groups is 2. The topological polar surface area (TPSA) is 92.5 Å². The van der Waals surface area contributed by atoms with Gasteiger partial charge in [-0.1, -0.05) is 162 Å². The second-order valence-corrected chi connectivity index (χ2v) is 11.4. The van der Waals surface area contributed by atoms with Gasteiger partial charge in [0.2, 0.25) is 0 Å². The van der Waals surface area contributed by atoms with E-state index in [0.29, 0.717) is 0 Å². The Kier molecular flexibility index (Phi) is 32.8. The lowest BCUT2D eigenvalue weighted by atomic mass is 9.91. The van der Waals surface area contributed by atoms with Crippen LogP contribution in [-0.4, -0.2) is 35.0 Å². The molecule has 0 aromatic heterocycles. The van der Waals surface area contributed by atoms with E-state index in [2.05, 4.69) is 20.8 Å². The van der Waals surface area contributed by atoms with Crippen LogP contribution < -0.4 is 11.5 Å². The van der Waals surface area contributed by atoms with Crippen LogP contribution in [0.25, 0.3) is 0 Å². The zero-order chi connectivity index (χ0) is 27.2. The second kappa shape index (κ2) is 31.1. The van der Waals surface area contributed by atoms with E-state index in [-0.39, 0.29) is 24.8 Å². The average molecular weight is 515 g/mol. The van der Waals surface area contributed by atoms with Gasteiger partial charge in [-0.25, -0.2) is 0 Å². The van der Waals surface area contributed by atoms with Gasteiger partial charge in [0.25, 0.3) is 0 Å². The lowest BCUT2D eigenvalue weighted by Crippen LogP contribution is -2.42. The van der Waals surface area contributed by atoms with Crippen molar-refractivity contribution in [2.45, 2.75) is 193 Å². The normalized spacial score (nSPS) is 13.8. The quantitative estimate of drug-likeness (QED) is 0.0824. The molecule has 0 bridgehead atoms. The number of hydrogen-bond donors (Lipinski definition) is 4. The SMILES string of the molecule is CCCCCCCCCCC(N)(CC)CO.CCCCCCCCCCCCCCCCC(N)CO. The minimum atomic E-state index is -0.317. The van der Waals surface area contributed by atoms with E-state index in [1.54, 1.807) is 0 Å². The van der Waals surface area contributed by atoms with Crippen LogP contribution in [0.5, 0.6) is 0 Å². The van der Waals surface area contributed by atoms with Gasteiger partial charge >= 0.3 is 0 Å². The van der Waals surface area contributed by atoms with Gasteiger partial charge in [0, 0.05) is 11.6 Å². The minimum Gasteiger partial charge on any atom is -0.395 e. The molecular formula is C32H70N2O2. The molecule has 220 valence electrons. The van der Waals surface area contributed by atoms with Crippen LogP contribution >= 0.6 is 0 Å². The number of rotatable bonds is 27. The molecule has 2 atom stereocenters. The molecule has 4 nitrogen and oxygen atoms in total. The predicted molar refractivity (Wildman–Crippen MR) is 162 cm³/mol. The molecule has 36 heavy (non-hydrogen) atoms. The lowest BCUT2D eigenvalue weighted by Gasteiger charge is -2.25. The molecule has 0 radical (unpaired) electrons. The molecule has 0 rings (SSSR count). The summed E-state index contributed by atoms with van der Waals surface area (Å²) in [5, 5.41) is 18.0. The highest BCUT2D eigenvalue weighted by Crippen LogP contribution is 2.17. The van der Waals surface area contributed by atoms with Crippen molar-refractivity contribution in [3.8, 4) is 0 Å². The molecule has 0 aromatic rings. The Labute approximate surface area is 227 Å². The van der Waals surface area contributed by atoms with Crippen molar-refractivity contribution >= 4 is 0 Å². The first-order chi connectivity index (χ1) is 17.5. The molecule has 0 spiro atoms. The smallest absolute Gasteiger partial charge is 0.0611 e. The van der Waals surface area contributed by atoms with E-state index >= 15 is 0 Å². The van der Waals surface area contributed by atoms with Gasteiger partial charge in [0.05, 0.1) is 13.2 Å². The van der Waals surface area contributed by atoms with Gasteiger partial charge in [-0.15, -0.1) is 0 Å². The molecule has 0 amide bonds. The van der Waals surface area contributed by atoms with Gasteiger partial charge in [-0.05, 0) is 19.3 Å². The molecule has 0 saturated heterocycles. The summed E-state index contributed by atoms with van der Waals surface area (Å²) >= 11 is 0. The monoisotopic (exact) mass is 515 g/mol. The van der Waals surface area contributed by atoms with Crippen LogP contribution in [0.3, 0.4) is 0 Å². The zero-order valence-corrected chi connectivity index (χ0v) is 25.2. The van der Waals surface area contributed by atoms with Gasteiger partial charge in [0.1, 0.15) is 0 Å². The van der Waals surface area contributed by atoms with E-state index in [1.165, 1.54) is 141 Å². The van der Waals surface area contributed by atoms with Gasteiger partial charge in [-0.2, -0.15) is 0 Å². The zero-order valence-electron chi connectivity index (χ0n) is 25.2. The summed E-state index contributed by atoms with van der Waals surface area (Å²) < 4.78 is 0. The van der Waals surface area contributed by atoms with Crippen LogP contribution in [-0.2, 0) is 0 Å². The largest absolute Gasteiger partial charge is 0.395 e. The van der Waals surface area contributed by atoms with Crippen molar-refractivity contribution in [1.29, 1.82) is 0 Å². The summed E-state index contributed by atoms with van der Waals surface area (Å²) in [6.45, 7) is 6.85. The van der Waals surface area contributed by atoms with Crippen molar-refractivity contribution in [2.24, 2.45) is 11.5 Å². The third-order valence-electron chi connectivity index (χ3n) is 7.71. The summed E-state index contributed by atoms with van der Waals surface area (Å²) in [6, 6.07) is 0.00678. The fraction of sp³-hybridized carbons (Fsp3) is 1.00. The fourth-order valence-corrected chi connectivity index (χ4v) is 4.67. The van der Waals surface area contributed by atoms with Crippen LogP contribution in [0, 0.1) is 0 Å². The maximum atomic E-state index is 9.16. The molecule has 0 aliphatic carbocycles. The average Bonchev–Trinajstić information content (AvgIpc) is 2.90. The summed E-state index contributed by atoms with van der Waals surface area (Å²) in [4.78, 5) is 0. The first-order valence-corrected chi connectivity index (χ1v) is 16.3. The molecule has 4 heteroatoms. The second-order valence-electron chi connectivity index (χ2n) is 11.4. The van der Waals surface area contributed by atoms with Gasteiger partial charge in [0.15, 0.2) is 0 Å². The fourth-order valence-electron chi connectivity index (χ4n) is 4.67. The Hall–Kier alpha value is -0.160. The molecule has 2 unspecified atom stereocenters. The predicted octanol–water partition coefficient (Wildman–Crippen LogP) is 8.79. The summed E-state index contributed by atoms with van der Waals surface area (Å²) in [6.07, 6.45) is 32.9. The van der Waals surface area contributed by atoms with Crippen molar-refractivity contribution < 1.29 is 10.2 Å². The third kappa shape index (κ3) is 30.1. The van der Waals surface area contributed by atoms with Crippen LogP contribution in [0.1, 0.15) is 181 Å². The number of hydrogen-bond acceptors (Lipinski definition) is 4. The van der Waals surface area contributed by atoms with Crippen molar-refractivity contribution in [3.05, 3.63) is 0 Å². The maximum Gasteiger partial charge on any atom is 0.0611 e. The van der Waals surface area contributed by atoms with Crippen LogP contribution in [0.2, 0.25) is 0 Å². The molecule has 0 aliphatic rings. The molecule has 0 heterocycles. The van der Waals surface area contributed by atoms with Crippen LogP contribution in [0.4, 0.5) is 0 Å². The Morgan fingerprint density at radius 3 is 1.17 bits per heavy atom. The molecule has 0 saturated carbocycles. The van der Waals surface area contributed by atoms with E-state index in [4.69, 9.17) is 21.7 Å². The highest BCUT2D eigenvalue weighted by atomic mass is 16.3. The van der Waals surface area contributed by atoms with Crippen molar-refractivity contribution in [3.63, 3.8) is 0 Å². The number of nitrogens with two attached hydrogens (primary N) is 2. The lowest BCUT2D eigenvalue weighted by molar-refractivity contribution is 0.179. The Bertz CT molecular complexity index is 388. The highest BCUT2D eigenvalue weighted by molar-refractivity contribution is 4.81. The molecule has 0 aromatic carbocycles. The number of aliphatic hydroxyl groups excluding tert-OH is 2. The third-order valence-corrected chi connectivity index (χ3v) is 7.71. The Morgan fingerprint density at radius 1 is 0.528 bits per heavy atom. The van der Waals surface area contributed by atoms with E-state index in [1.807, 2.05) is 0 Å². The van der Waals surface area contributed by atoms with E-state index in [9.17, 15) is 0 Å². The Morgan fingerprint density at radius 2 is 0.861 bits per heavy atom. The van der Waals surface area contributed by atoms with Crippen molar-refractivity contribution in [2.75, 3.05) is 13.2 Å². The van der Waals surface area contributed by atoms with E-state index in [0.717, 1.165) is 19.3 Å². The Balaban J connectivity index is 0. The maximum absolute atomic E-state index is 9.16. The van der Waals surface area contributed by atoms with Gasteiger partial charge in [-0.3, -0.25) is 0 Å². The molecule has 0 aliphatic heterocycles. The van der Waals surface area contributed by atoms with E-state index < -0.39 is 0 Å². The summed E-state index contributed by atoms with van der Waals surface area (Å²) in [7, 11) is 0. The summed E-state index contributed by atoms with van der Waals surface area (Å²) in [5.74, 6) is 0. The molecule has 0 fully saturated rings. The number of unbranched alkanes of at least 4 members (excludes halogenated alkanes) is 20. The molecule has 6 N–H and O–H groups in total. The summed E-state index contributed by atoms with van der Waals surface area (Å²) in [5.41, 5.74) is 11.4. The standard InChI is InChI=1S/C18H39NO.C14H31NO/c1-2-3-4-5-6-7-8-9-10-11-12-13-14-15-16-18(19)17-20;1-3-5-6-7-8-9-10-11-12-14(15,4-2)13-16/h18,20H,2-17,19H2,1H3;16H,3-13,15H2,1-2H3. The van der Waals surface area contributed by atoms with Crippen molar-refractivity contribution in [1.82, 2.24) is 0 Å². The van der Waals surface area contributed by atoms with Gasteiger partial charge < -0.3 is 21.7 Å². The first-order valence-electron chi connectivity index (χ1n) is 16.3. The highest BCUT2D eigenvalue weighted by Gasteiger charge is 2.20. The molecular weight excluding hydrogens is 444 g/mol. The minimum absolute atomic E-state index is 0.00678.